The normalized spacial score (nSPS) is 15.3. The molecule has 1 saturated carbocycles. The summed E-state index contributed by atoms with van der Waals surface area (Å²) in [5.74, 6) is 0.476. The van der Waals surface area contributed by atoms with Crippen molar-refractivity contribution in [2.24, 2.45) is 0 Å². The van der Waals surface area contributed by atoms with Crippen LogP contribution in [0.4, 0.5) is 0 Å². The highest BCUT2D eigenvalue weighted by atomic mass is 32.2. The van der Waals surface area contributed by atoms with Crippen molar-refractivity contribution in [3.8, 4) is 0 Å². The Morgan fingerprint density at radius 1 is 1.23 bits per heavy atom. The number of hydrogen-bond acceptors (Lipinski definition) is 4. The van der Waals surface area contributed by atoms with E-state index in [4.69, 9.17) is 0 Å². The summed E-state index contributed by atoms with van der Waals surface area (Å²) in [6.45, 7) is 5.28. The summed E-state index contributed by atoms with van der Waals surface area (Å²) < 4.78 is 1.66. The summed E-state index contributed by atoms with van der Waals surface area (Å²) in [7, 11) is 0. The number of nitrogens with zero attached hydrogens (tertiary/aromatic N) is 3. The summed E-state index contributed by atoms with van der Waals surface area (Å²) in [6, 6.07) is 7.76. The molecule has 1 fully saturated rings. The van der Waals surface area contributed by atoms with E-state index in [2.05, 4.69) is 4.98 Å². The number of carbonyl (C=O) groups is 1. The average molecular weight is 374 g/mol. The van der Waals surface area contributed by atoms with Gasteiger partial charge in [0.1, 0.15) is 0 Å². The topological polar surface area (TPSA) is 55.2 Å². The Bertz CT molecular complexity index is 827. The third-order valence-corrected chi connectivity index (χ3v) is 6.11. The lowest BCUT2D eigenvalue weighted by Crippen LogP contribution is -2.42. The van der Waals surface area contributed by atoms with Crippen molar-refractivity contribution >= 4 is 28.6 Å². The standard InChI is InChI=1S/C20H27N3O2S/c1-3-22(15-10-6-5-7-11-15)18(24)14-26-20-21-17-13-9-8-12-16(17)19(25)23(20)4-2/h8-9,12-13,15H,3-7,10-11,14H2,1-2H3. The zero-order valence-corrected chi connectivity index (χ0v) is 16.4. The lowest BCUT2D eigenvalue weighted by Gasteiger charge is -2.33. The minimum absolute atomic E-state index is 0.0346. The smallest absolute Gasteiger partial charge is 0.262 e. The van der Waals surface area contributed by atoms with E-state index in [0.29, 0.717) is 34.4 Å². The Kier molecular flexibility index (Phi) is 6.35. The largest absolute Gasteiger partial charge is 0.339 e. The number of aromatic nitrogens is 2. The maximum atomic E-state index is 12.8. The Labute approximate surface area is 158 Å². The number of amides is 1. The third-order valence-electron chi connectivity index (χ3n) is 5.14. The number of carbonyl (C=O) groups excluding carboxylic acids is 1. The molecule has 3 rings (SSSR count). The minimum atomic E-state index is -0.0346. The average Bonchev–Trinajstić information content (AvgIpc) is 2.68. The van der Waals surface area contributed by atoms with Crippen molar-refractivity contribution in [3.63, 3.8) is 0 Å². The summed E-state index contributed by atoms with van der Waals surface area (Å²) in [4.78, 5) is 32.1. The number of hydrogen-bond donors (Lipinski definition) is 0. The van der Waals surface area contributed by atoms with Crippen LogP contribution >= 0.6 is 11.8 Å². The van der Waals surface area contributed by atoms with Gasteiger partial charge in [-0.2, -0.15) is 0 Å². The van der Waals surface area contributed by atoms with Crippen molar-refractivity contribution in [2.45, 2.75) is 63.7 Å². The van der Waals surface area contributed by atoms with Gasteiger partial charge in [0.2, 0.25) is 5.91 Å². The second-order valence-electron chi connectivity index (χ2n) is 6.72. The predicted octanol–water partition coefficient (Wildman–Crippen LogP) is 3.69. The molecule has 1 aliphatic rings. The Morgan fingerprint density at radius 2 is 1.96 bits per heavy atom. The fourth-order valence-corrected chi connectivity index (χ4v) is 4.73. The van der Waals surface area contributed by atoms with Crippen LogP contribution in [0, 0.1) is 0 Å². The van der Waals surface area contributed by atoms with Crippen molar-refractivity contribution in [3.05, 3.63) is 34.6 Å². The van der Waals surface area contributed by atoms with Gasteiger partial charge < -0.3 is 4.90 Å². The highest BCUT2D eigenvalue weighted by Gasteiger charge is 2.24. The van der Waals surface area contributed by atoms with Crippen molar-refractivity contribution in [1.29, 1.82) is 0 Å². The third kappa shape index (κ3) is 3.95. The molecule has 6 heteroatoms. The first kappa shape index (κ1) is 19.0. The molecule has 0 atom stereocenters. The Morgan fingerprint density at radius 3 is 2.65 bits per heavy atom. The quantitative estimate of drug-likeness (QED) is 0.572. The monoisotopic (exact) mass is 373 g/mol. The van der Waals surface area contributed by atoms with Crippen LogP contribution in [0.25, 0.3) is 10.9 Å². The first-order valence-electron chi connectivity index (χ1n) is 9.57. The van der Waals surface area contributed by atoms with Crippen LogP contribution in [0.3, 0.4) is 0 Å². The van der Waals surface area contributed by atoms with E-state index >= 15 is 0 Å². The summed E-state index contributed by atoms with van der Waals surface area (Å²) >= 11 is 1.38. The second kappa shape index (κ2) is 8.71. The first-order chi connectivity index (χ1) is 12.7. The molecule has 1 aromatic heterocycles. The highest BCUT2D eigenvalue weighted by molar-refractivity contribution is 7.99. The number of fused-ring (bicyclic) bond motifs is 1. The number of thioether (sulfide) groups is 1. The molecule has 5 nitrogen and oxygen atoms in total. The molecule has 0 bridgehead atoms. The van der Waals surface area contributed by atoms with Gasteiger partial charge in [-0.3, -0.25) is 14.2 Å². The molecule has 2 aromatic rings. The van der Waals surface area contributed by atoms with E-state index < -0.39 is 0 Å². The van der Waals surface area contributed by atoms with Gasteiger partial charge in [-0.05, 0) is 38.8 Å². The number of rotatable bonds is 6. The van der Waals surface area contributed by atoms with E-state index in [1.807, 2.05) is 36.9 Å². The molecule has 0 radical (unpaired) electrons. The van der Waals surface area contributed by atoms with E-state index in [-0.39, 0.29) is 11.5 Å². The van der Waals surface area contributed by atoms with Crippen molar-refractivity contribution in [1.82, 2.24) is 14.5 Å². The van der Waals surface area contributed by atoms with Gasteiger partial charge in [-0.15, -0.1) is 0 Å². The van der Waals surface area contributed by atoms with Crippen LogP contribution < -0.4 is 5.56 Å². The molecule has 26 heavy (non-hydrogen) atoms. The zero-order valence-electron chi connectivity index (χ0n) is 15.6. The van der Waals surface area contributed by atoms with Crippen LogP contribution in [0.2, 0.25) is 0 Å². The van der Waals surface area contributed by atoms with Crippen LogP contribution in [0.15, 0.2) is 34.2 Å². The van der Waals surface area contributed by atoms with Crippen molar-refractivity contribution in [2.75, 3.05) is 12.3 Å². The predicted molar refractivity (Wildman–Crippen MR) is 107 cm³/mol. The molecule has 140 valence electrons. The van der Waals surface area contributed by atoms with Gasteiger partial charge in [-0.25, -0.2) is 4.98 Å². The lowest BCUT2D eigenvalue weighted by atomic mass is 9.94. The number of benzene rings is 1. The van der Waals surface area contributed by atoms with Crippen LogP contribution in [-0.4, -0.2) is 38.7 Å². The fourth-order valence-electron chi connectivity index (χ4n) is 3.78. The number of para-hydroxylation sites is 1. The van der Waals surface area contributed by atoms with E-state index in [0.717, 1.165) is 19.4 Å². The van der Waals surface area contributed by atoms with E-state index in [1.54, 1.807) is 10.6 Å². The maximum Gasteiger partial charge on any atom is 0.262 e. The molecule has 1 aliphatic carbocycles. The molecule has 1 amide bonds. The van der Waals surface area contributed by atoms with Gasteiger partial charge in [0.15, 0.2) is 5.16 Å². The summed E-state index contributed by atoms with van der Waals surface area (Å²) in [5.41, 5.74) is 0.657. The second-order valence-corrected chi connectivity index (χ2v) is 7.66. The van der Waals surface area contributed by atoms with Crippen LogP contribution in [-0.2, 0) is 11.3 Å². The molecule has 0 aliphatic heterocycles. The summed E-state index contributed by atoms with van der Waals surface area (Å²) in [5, 5.41) is 1.26. The fraction of sp³-hybridized carbons (Fsp3) is 0.550. The highest BCUT2D eigenvalue weighted by Crippen LogP contribution is 2.24. The molecule has 1 heterocycles. The van der Waals surface area contributed by atoms with Crippen LogP contribution in [0.1, 0.15) is 46.0 Å². The molecule has 0 N–H and O–H groups in total. The van der Waals surface area contributed by atoms with E-state index in [9.17, 15) is 9.59 Å². The Balaban J connectivity index is 1.78. The van der Waals surface area contributed by atoms with Gasteiger partial charge in [0.05, 0.1) is 16.7 Å². The Hall–Kier alpha value is -1.82. The molecular formula is C20H27N3O2S. The maximum absolute atomic E-state index is 12.8. The van der Waals surface area contributed by atoms with E-state index in [1.165, 1.54) is 31.0 Å². The molecule has 0 unspecified atom stereocenters. The van der Waals surface area contributed by atoms with Crippen LogP contribution in [0.5, 0.6) is 0 Å². The van der Waals surface area contributed by atoms with Gasteiger partial charge in [0, 0.05) is 19.1 Å². The lowest BCUT2D eigenvalue weighted by molar-refractivity contribution is -0.131. The SMILES string of the molecule is CCN(C(=O)CSc1nc2ccccc2c(=O)n1CC)C1CCCCC1. The summed E-state index contributed by atoms with van der Waals surface area (Å²) in [6.07, 6.45) is 5.92. The molecule has 1 aromatic carbocycles. The molecular weight excluding hydrogens is 346 g/mol. The molecule has 0 saturated heterocycles. The molecule has 0 spiro atoms. The van der Waals surface area contributed by atoms with Crippen molar-refractivity contribution < 1.29 is 4.79 Å². The van der Waals surface area contributed by atoms with Gasteiger partial charge in [0.25, 0.3) is 5.56 Å². The first-order valence-corrected chi connectivity index (χ1v) is 10.6. The zero-order chi connectivity index (χ0) is 18.5. The minimum Gasteiger partial charge on any atom is -0.339 e. The van der Waals surface area contributed by atoms with Gasteiger partial charge in [-0.1, -0.05) is 43.2 Å². The van der Waals surface area contributed by atoms with Gasteiger partial charge >= 0.3 is 0 Å².